The molecule has 1 saturated carbocycles. The van der Waals surface area contributed by atoms with Crippen molar-refractivity contribution in [3.8, 4) is 0 Å². The SMILES string of the molecule is [CH-]1[CH-][CH-][CH-][CH-][CH-]1.[Mo].c1ccccc1. The van der Waals surface area contributed by atoms with Crippen molar-refractivity contribution in [3.63, 3.8) is 0 Å². The third-order valence-electron chi connectivity index (χ3n) is 1.33. The molecule has 1 heteroatoms. The molecule has 0 heterocycles. The molecule has 1 aromatic carbocycles. The van der Waals surface area contributed by atoms with E-state index < -0.39 is 0 Å². The minimum atomic E-state index is 0. The van der Waals surface area contributed by atoms with Gasteiger partial charge in [-0.2, -0.15) is 0 Å². The van der Waals surface area contributed by atoms with Crippen molar-refractivity contribution in [2.45, 2.75) is 0 Å². The normalized spacial score (nSPS) is 14.8. The van der Waals surface area contributed by atoms with E-state index in [4.69, 9.17) is 0 Å². The van der Waals surface area contributed by atoms with Crippen molar-refractivity contribution in [1.82, 2.24) is 0 Å². The van der Waals surface area contributed by atoms with Gasteiger partial charge in [0.2, 0.25) is 0 Å². The molecule has 1 aromatic rings. The van der Waals surface area contributed by atoms with Gasteiger partial charge in [0.15, 0.2) is 0 Å². The van der Waals surface area contributed by atoms with Crippen LogP contribution in [0, 0.1) is 38.5 Å². The second-order valence-electron chi connectivity index (χ2n) is 2.31. The first-order chi connectivity index (χ1) is 6.00. The first-order valence-electron chi connectivity index (χ1n) is 4.00. The summed E-state index contributed by atoms with van der Waals surface area (Å²) in [5.74, 6) is 0. The second kappa shape index (κ2) is 9.99. The number of rotatable bonds is 0. The number of benzene rings is 1. The van der Waals surface area contributed by atoms with Crippen molar-refractivity contribution in [3.05, 3.63) is 74.9 Å². The van der Waals surface area contributed by atoms with Crippen molar-refractivity contribution in [2.24, 2.45) is 0 Å². The zero-order valence-electron chi connectivity index (χ0n) is 7.34. The summed E-state index contributed by atoms with van der Waals surface area (Å²) in [5, 5.41) is 0. The molecule has 0 unspecified atom stereocenters. The van der Waals surface area contributed by atoms with E-state index in [-0.39, 0.29) is 21.1 Å². The van der Waals surface area contributed by atoms with Gasteiger partial charge in [-0.3, -0.25) is 0 Å². The van der Waals surface area contributed by atoms with E-state index in [0.717, 1.165) is 0 Å². The predicted octanol–water partition coefficient (Wildman–Crippen LogP) is 2.91. The van der Waals surface area contributed by atoms with Gasteiger partial charge in [0.25, 0.3) is 0 Å². The molecule has 0 aromatic heterocycles. The quantitative estimate of drug-likeness (QED) is 0.492. The van der Waals surface area contributed by atoms with Crippen LogP contribution >= 0.6 is 0 Å². The fraction of sp³-hybridized carbons (Fsp3) is 0. The fourth-order valence-electron chi connectivity index (χ4n) is 0.770. The molecule has 0 aliphatic heterocycles. The minimum Gasteiger partial charge on any atom is -0.726 e. The van der Waals surface area contributed by atoms with E-state index in [2.05, 4.69) is 0 Å². The zero-order valence-corrected chi connectivity index (χ0v) is 9.34. The summed E-state index contributed by atoms with van der Waals surface area (Å²) in [6.07, 6.45) is 12.0. The molecule has 0 bridgehead atoms. The second-order valence-corrected chi connectivity index (χ2v) is 2.31. The third-order valence-corrected chi connectivity index (χ3v) is 1.33. The van der Waals surface area contributed by atoms with Crippen LogP contribution in [-0.4, -0.2) is 0 Å². The molecule has 0 nitrogen and oxygen atoms in total. The van der Waals surface area contributed by atoms with E-state index in [9.17, 15) is 0 Å². The molecule has 72 valence electrons. The molecule has 0 N–H and O–H groups in total. The van der Waals surface area contributed by atoms with Crippen molar-refractivity contribution >= 4 is 0 Å². The third kappa shape index (κ3) is 8.24. The van der Waals surface area contributed by atoms with Crippen molar-refractivity contribution in [2.75, 3.05) is 0 Å². The molecule has 0 spiro atoms. The Morgan fingerprint density at radius 3 is 0.692 bits per heavy atom. The molecule has 1 fully saturated rings. The van der Waals surface area contributed by atoms with Gasteiger partial charge in [-0.15, -0.1) is 0 Å². The topological polar surface area (TPSA) is 0 Å². The molecule has 13 heavy (non-hydrogen) atoms. The van der Waals surface area contributed by atoms with Crippen molar-refractivity contribution in [1.29, 1.82) is 0 Å². The standard InChI is InChI=1S/2C6H6.Mo/c2*1-2-4-6-5-3-1;/h2*1-6H;/q;-6;. The summed E-state index contributed by atoms with van der Waals surface area (Å²) in [6, 6.07) is 12.0. The molecule has 0 saturated heterocycles. The summed E-state index contributed by atoms with van der Waals surface area (Å²) >= 11 is 0. The smallest absolute Gasteiger partial charge is 0 e. The molecule has 1 aliphatic carbocycles. The predicted molar refractivity (Wildman–Crippen MR) is 52.2 cm³/mol. The Hall–Kier alpha value is -0.0917. The molecule has 1 aliphatic rings. The van der Waals surface area contributed by atoms with Crippen molar-refractivity contribution < 1.29 is 21.1 Å². The largest absolute Gasteiger partial charge is 0.726 e. The van der Waals surface area contributed by atoms with Crippen LogP contribution in [0.2, 0.25) is 0 Å². The Labute approximate surface area is 96.0 Å². The Kier molecular flexibility index (Phi) is 9.92. The summed E-state index contributed by atoms with van der Waals surface area (Å²) in [7, 11) is 0. The Balaban J connectivity index is 0.000000206. The van der Waals surface area contributed by atoms with Gasteiger partial charge in [0, 0.05) is 21.1 Å². The van der Waals surface area contributed by atoms with Gasteiger partial charge in [0.05, 0.1) is 0 Å². The van der Waals surface area contributed by atoms with Gasteiger partial charge in [0.1, 0.15) is 0 Å². The van der Waals surface area contributed by atoms with Crippen LogP contribution in [0.1, 0.15) is 0 Å². The molecular formula is C12H12Mo-6. The van der Waals surface area contributed by atoms with E-state index in [1.54, 1.807) is 0 Å². The maximum absolute atomic E-state index is 2.00. The van der Waals surface area contributed by atoms with Gasteiger partial charge in [-0.05, 0) is 0 Å². The van der Waals surface area contributed by atoms with Gasteiger partial charge >= 0.3 is 0 Å². The number of hydrogen-bond donors (Lipinski definition) is 0. The number of hydrogen-bond acceptors (Lipinski definition) is 0. The molecule has 2 rings (SSSR count). The van der Waals surface area contributed by atoms with Gasteiger partial charge in [-0.25, -0.2) is 0 Å². The summed E-state index contributed by atoms with van der Waals surface area (Å²) in [6.45, 7) is 0. The van der Waals surface area contributed by atoms with E-state index in [1.807, 2.05) is 74.9 Å². The summed E-state index contributed by atoms with van der Waals surface area (Å²) in [4.78, 5) is 0. The maximum Gasteiger partial charge on any atom is 0 e. The van der Waals surface area contributed by atoms with Crippen LogP contribution in [0.5, 0.6) is 0 Å². The first-order valence-corrected chi connectivity index (χ1v) is 4.00. The first kappa shape index (κ1) is 12.9. The van der Waals surface area contributed by atoms with Crippen LogP contribution < -0.4 is 0 Å². The van der Waals surface area contributed by atoms with E-state index in [0.29, 0.717) is 0 Å². The van der Waals surface area contributed by atoms with Crippen LogP contribution in [0.15, 0.2) is 36.4 Å². The van der Waals surface area contributed by atoms with Gasteiger partial charge in [-0.1, -0.05) is 36.4 Å². The van der Waals surface area contributed by atoms with Crippen LogP contribution in [0.3, 0.4) is 0 Å². The maximum atomic E-state index is 2.00. The molecular weight excluding hydrogens is 240 g/mol. The van der Waals surface area contributed by atoms with Crippen LogP contribution in [-0.2, 0) is 21.1 Å². The average Bonchev–Trinajstić information content (AvgIpc) is 2.24. The Bertz CT molecular complexity index is 130. The molecule has 0 amide bonds. The Morgan fingerprint density at radius 1 is 0.385 bits per heavy atom. The zero-order chi connectivity index (χ0) is 8.49. The summed E-state index contributed by atoms with van der Waals surface area (Å²) in [5.41, 5.74) is 0. The average molecular weight is 252 g/mol. The van der Waals surface area contributed by atoms with E-state index in [1.165, 1.54) is 0 Å². The van der Waals surface area contributed by atoms with Crippen LogP contribution in [0.25, 0.3) is 0 Å². The Morgan fingerprint density at radius 2 is 0.538 bits per heavy atom. The van der Waals surface area contributed by atoms with Gasteiger partial charge < -0.3 is 38.5 Å². The molecule has 0 radical (unpaired) electrons. The minimum absolute atomic E-state index is 0. The van der Waals surface area contributed by atoms with Crippen LogP contribution in [0.4, 0.5) is 0 Å². The van der Waals surface area contributed by atoms with E-state index >= 15 is 0 Å². The summed E-state index contributed by atoms with van der Waals surface area (Å²) < 4.78 is 0. The fourth-order valence-corrected chi connectivity index (χ4v) is 0.770. The molecule has 0 atom stereocenters. The monoisotopic (exact) mass is 254 g/mol.